The minimum Gasteiger partial charge on any atom is -0.398 e. The topological polar surface area (TPSA) is 92.4 Å². The molecule has 0 radical (unpaired) electrons. The van der Waals surface area contributed by atoms with Crippen LogP contribution in [0.3, 0.4) is 0 Å². The lowest BCUT2D eigenvalue weighted by molar-refractivity contribution is -0.00182. The summed E-state index contributed by atoms with van der Waals surface area (Å²) in [4.78, 5) is 0.107. The van der Waals surface area contributed by atoms with E-state index in [0.29, 0.717) is 28.9 Å². The average Bonchev–Trinajstić information content (AvgIpc) is 2.43. The Morgan fingerprint density at radius 3 is 2.62 bits per heavy atom. The number of halogens is 1. The van der Waals surface area contributed by atoms with Crippen molar-refractivity contribution in [2.24, 2.45) is 5.92 Å². The number of nitrogen functional groups attached to an aromatic ring is 1. The number of benzene rings is 1. The summed E-state index contributed by atoms with van der Waals surface area (Å²) in [6, 6.07) is 4.48. The van der Waals surface area contributed by atoms with Gasteiger partial charge in [-0.25, -0.2) is 13.1 Å². The Morgan fingerprint density at radius 2 is 2.05 bits per heavy atom. The van der Waals surface area contributed by atoms with Crippen LogP contribution in [-0.4, -0.2) is 25.7 Å². The van der Waals surface area contributed by atoms with E-state index in [9.17, 15) is 13.5 Å². The summed E-state index contributed by atoms with van der Waals surface area (Å²) in [5, 5.41) is 10.4. The highest BCUT2D eigenvalue weighted by Crippen LogP contribution is 2.31. The fraction of sp³-hybridized carbons (Fsp3) is 0.571. The third kappa shape index (κ3) is 4.18. The number of hydrogen-bond donors (Lipinski definition) is 3. The van der Waals surface area contributed by atoms with Crippen LogP contribution in [0, 0.1) is 5.92 Å². The molecule has 0 saturated heterocycles. The van der Waals surface area contributed by atoms with Crippen LogP contribution in [0.5, 0.6) is 0 Å². The van der Waals surface area contributed by atoms with Crippen molar-refractivity contribution in [1.29, 1.82) is 0 Å². The zero-order valence-corrected chi connectivity index (χ0v) is 14.4. The molecule has 2 rings (SSSR count). The molecule has 0 aromatic heterocycles. The second-order valence-corrected chi connectivity index (χ2v) is 8.54. The summed E-state index contributed by atoms with van der Waals surface area (Å²) in [5.41, 5.74) is 5.13. The van der Waals surface area contributed by atoms with Gasteiger partial charge in [0, 0.05) is 16.7 Å². The van der Waals surface area contributed by atoms with Crippen LogP contribution in [-0.2, 0) is 10.0 Å². The molecule has 1 aliphatic rings. The second-order valence-electron chi connectivity index (χ2n) is 5.91. The maximum absolute atomic E-state index is 12.3. The van der Waals surface area contributed by atoms with E-state index in [1.54, 1.807) is 6.07 Å². The molecule has 1 saturated carbocycles. The van der Waals surface area contributed by atoms with Crippen molar-refractivity contribution in [1.82, 2.24) is 4.72 Å². The Balaban J connectivity index is 2.06. The Labute approximate surface area is 134 Å². The smallest absolute Gasteiger partial charge is 0.240 e. The third-order valence-electron chi connectivity index (χ3n) is 4.07. The molecule has 1 aliphatic carbocycles. The summed E-state index contributed by atoms with van der Waals surface area (Å²) in [6.45, 7) is 2.19. The molecule has 0 aliphatic heterocycles. The van der Waals surface area contributed by atoms with Gasteiger partial charge in [-0.05, 0) is 65.7 Å². The number of hydrogen-bond acceptors (Lipinski definition) is 4. The van der Waals surface area contributed by atoms with Crippen LogP contribution < -0.4 is 10.5 Å². The number of rotatable bonds is 4. The third-order valence-corrected chi connectivity index (χ3v) is 6.20. The van der Waals surface area contributed by atoms with Crippen LogP contribution in [0.4, 0.5) is 5.69 Å². The van der Waals surface area contributed by atoms with Gasteiger partial charge in [0.05, 0.1) is 10.5 Å². The van der Waals surface area contributed by atoms with Gasteiger partial charge in [-0.2, -0.15) is 0 Å². The van der Waals surface area contributed by atoms with Gasteiger partial charge in [0.2, 0.25) is 10.0 Å². The van der Waals surface area contributed by atoms with E-state index in [2.05, 4.69) is 27.6 Å². The summed E-state index contributed by atoms with van der Waals surface area (Å²) < 4.78 is 27.7. The minimum absolute atomic E-state index is 0.0397. The quantitative estimate of drug-likeness (QED) is 0.702. The number of nitrogens with one attached hydrogen (secondary N) is 1. The predicted molar refractivity (Wildman–Crippen MR) is 86.3 cm³/mol. The summed E-state index contributed by atoms with van der Waals surface area (Å²) in [6.07, 6.45) is 3.09. The van der Waals surface area contributed by atoms with Crippen molar-refractivity contribution in [3.63, 3.8) is 0 Å². The van der Waals surface area contributed by atoms with Gasteiger partial charge in [-0.1, -0.05) is 6.92 Å². The normalized spacial score (nSPS) is 26.7. The van der Waals surface area contributed by atoms with E-state index in [1.165, 1.54) is 12.1 Å². The van der Waals surface area contributed by atoms with E-state index in [-0.39, 0.29) is 11.4 Å². The van der Waals surface area contributed by atoms with Crippen molar-refractivity contribution in [2.75, 3.05) is 12.3 Å². The van der Waals surface area contributed by atoms with Crippen LogP contribution >= 0.6 is 15.9 Å². The molecule has 1 aromatic carbocycles. The zero-order valence-electron chi connectivity index (χ0n) is 12.0. The van der Waals surface area contributed by atoms with Crippen LogP contribution in [0.25, 0.3) is 0 Å². The first-order valence-corrected chi connectivity index (χ1v) is 9.27. The van der Waals surface area contributed by atoms with E-state index in [0.717, 1.165) is 12.8 Å². The molecule has 1 fully saturated rings. The summed E-state index contributed by atoms with van der Waals surface area (Å²) in [5.74, 6) is 0.591. The number of nitrogens with two attached hydrogens (primary N) is 1. The first kappa shape index (κ1) is 16.7. The van der Waals surface area contributed by atoms with E-state index in [4.69, 9.17) is 5.73 Å². The number of aliphatic hydroxyl groups is 1. The molecule has 5 nitrogen and oxygen atoms in total. The average molecular weight is 377 g/mol. The van der Waals surface area contributed by atoms with Crippen LogP contribution in [0.15, 0.2) is 27.6 Å². The molecule has 0 bridgehead atoms. The predicted octanol–water partition coefficient (Wildman–Crippen LogP) is 2.25. The minimum atomic E-state index is -3.66. The molecule has 0 amide bonds. The first-order valence-electron chi connectivity index (χ1n) is 6.99. The lowest BCUT2D eigenvalue weighted by Crippen LogP contribution is -2.45. The van der Waals surface area contributed by atoms with Gasteiger partial charge in [0.25, 0.3) is 0 Å². The molecule has 0 heterocycles. The lowest BCUT2D eigenvalue weighted by atomic mass is 9.80. The van der Waals surface area contributed by atoms with Crippen molar-refractivity contribution >= 4 is 31.6 Å². The lowest BCUT2D eigenvalue weighted by Gasteiger charge is -2.34. The fourth-order valence-corrected chi connectivity index (χ4v) is 3.88. The van der Waals surface area contributed by atoms with Gasteiger partial charge in [-0.3, -0.25) is 0 Å². The molecule has 21 heavy (non-hydrogen) atoms. The molecule has 0 unspecified atom stereocenters. The molecule has 7 heteroatoms. The van der Waals surface area contributed by atoms with Crippen molar-refractivity contribution in [3.05, 3.63) is 22.7 Å². The Hall–Kier alpha value is -0.630. The highest BCUT2D eigenvalue weighted by atomic mass is 79.9. The second kappa shape index (κ2) is 6.24. The molecule has 4 N–H and O–H groups in total. The maximum Gasteiger partial charge on any atom is 0.240 e. The fourth-order valence-electron chi connectivity index (χ4n) is 2.48. The maximum atomic E-state index is 12.3. The molecule has 118 valence electrons. The summed E-state index contributed by atoms with van der Waals surface area (Å²) >= 11 is 3.23. The molecule has 1 aromatic rings. The van der Waals surface area contributed by atoms with Gasteiger partial charge >= 0.3 is 0 Å². The molecular formula is C14H21BrN2O3S. The summed E-state index contributed by atoms with van der Waals surface area (Å²) in [7, 11) is -3.66. The van der Waals surface area contributed by atoms with E-state index in [1.807, 2.05) is 0 Å². The van der Waals surface area contributed by atoms with Crippen molar-refractivity contribution in [2.45, 2.75) is 43.1 Å². The van der Waals surface area contributed by atoms with Gasteiger partial charge < -0.3 is 10.8 Å². The Kier molecular flexibility index (Phi) is 4.97. The van der Waals surface area contributed by atoms with Crippen LogP contribution in [0.2, 0.25) is 0 Å². The Morgan fingerprint density at radius 1 is 1.43 bits per heavy atom. The largest absolute Gasteiger partial charge is 0.398 e. The van der Waals surface area contributed by atoms with Gasteiger partial charge in [0.1, 0.15) is 0 Å². The van der Waals surface area contributed by atoms with Crippen molar-refractivity contribution < 1.29 is 13.5 Å². The number of sulfonamides is 1. The van der Waals surface area contributed by atoms with Gasteiger partial charge in [-0.15, -0.1) is 0 Å². The zero-order chi connectivity index (χ0) is 15.7. The molecular weight excluding hydrogens is 356 g/mol. The van der Waals surface area contributed by atoms with Gasteiger partial charge in [0.15, 0.2) is 0 Å². The molecule has 0 atom stereocenters. The van der Waals surface area contributed by atoms with Crippen molar-refractivity contribution in [3.8, 4) is 0 Å². The van der Waals surface area contributed by atoms with E-state index >= 15 is 0 Å². The highest BCUT2D eigenvalue weighted by molar-refractivity contribution is 9.10. The molecule has 0 spiro atoms. The SMILES string of the molecule is CC1CCC(O)(CNS(=O)(=O)c2ccc(Br)c(N)c2)CC1. The van der Waals surface area contributed by atoms with Crippen LogP contribution in [0.1, 0.15) is 32.6 Å². The van der Waals surface area contributed by atoms with E-state index < -0.39 is 15.6 Å². The first-order chi connectivity index (χ1) is 9.72. The Bertz CT molecular complexity index is 611. The highest BCUT2D eigenvalue weighted by Gasteiger charge is 2.33. The number of anilines is 1. The monoisotopic (exact) mass is 376 g/mol. The standard InChI is InChI=1S/C14H21BrN2O3S/c1-10-4-6-14(18,7-5-10)9-17-21(19,20)11-2-3-12(15)13(16)8-11/h2-3,8,10,17-18H,4-7,9,16H2,1H3.